The molecule has 4 saturated carbocycles. The number of aryl methyl sites for hydroxylation is 1. The quantitative estimate of drug-likeness (QED) is 0.848. The number of amides is 1. The van der Waals surface area contributed by atoms with Crippen molar-refractivity contribution >= 4 is 17.5 Å². The Kier molecular flexibility index (Phi) is 4.12. The zero-order valence-electron chi connectivity index (χ0n) is 15.9. The Morgan fingerprint density at radius 1 is 1.19 bits per heavy atom. The molecule has 5 nitrogen and oxygen atoms in total. The van der Waals surface area contributed by atoms with Gasteiger partial charge in [-0.15, -0.1) is 0 Å². The number of rotatable bonds is 4. The minimum absolute atomic E-state index is 0.0786. The van der Waals surface area contributed by atoms with E-state index in [2.05, 4.69) is 10.4 Å². The Morgan fingerprint density at radius 2 is 1.85 bits per heavy atom. The summed E-state index contributed by atoms with van der Waals surface area (Å²) in [5.74, 6) is 4.17. The lowest BCUT2D eigenvalue weighted by atomic mass is 9.54. The molecule has 0 aliphatic heterocycles. The Hall–Kier alpha value is -1.75. The highest BCUT2D eigenvalue weighted by Gasteiger charge is 2.48. The number of hydrogen-bond donors (Lipinski definition) is 1. The normalized spacial score (nSPS) is 31.4. The highest BCUT2D eigenvalue weighted by Crippen LogP contribution is 2.53. The fourth-order valence-electron chi connectivity index (χ4n) is 5.94. The number of furan rings is 1. The molecule has 0 unspecified atom stereocenters. The van der Waals surface area contributed by atoms with E-state index in [4.69, 9.17) is 16.0 Å². The molecule has 2 heterocycles. The third-order valence-electron chi connectivity index (χ3n) is 7.01. The summed E-state index contributed by atoms with van der Waals surface area (Å²) in [5.41, 5.74) is 1.71. The largest absolute Gasteiger partial charge is 0.454 e. The van der Waals surface area contributed by atoms with Gasteiger partial charge in [0.25, 0.3) is 5.91 Å². The topological polar surface area (TPSA) is 60.1 Å². The Labute approximate surface area is 164 Å². The molecule has 27 heavy (non-hydrogen) atoms. The minimum Gasteiger partial charge on any atom is -0.454 e. The standard InChI is InChI=1S/C21H26ClN3O2/c1-11-19(22)12(2)25(24-11)10-17-3-4-18(27-17)21(26)23-20-15-6-13-5-14(8-15)9-16(20)7-13/h3-4,13-16,20H,5-10H2,1-2H3,(H,23,26). The number of aromatic nitrogens is 2. The van der Waals surface area contributed by atoms with Gasteiger partial charge >= 0.3 is 0 Å². The molecule has 0 radical (unpaired) electrons. The molecule has 0 saturated heterocycles. The predicted octanol–water partition coefficient (Wildman–Crippen LogP) is 4.35. The lowest BCUT2D eigenvalue weighted by Gasteiger charge is -2.54. The molecule has 1 amide bonds. The van der Waals surface area contributed by atoms with E-state index in [0.717, 1.165) is 23.2 Å². The van der Waals surface area contributed by atoms with E-state index in [0.29, 0.717) is 41.0 Å². The third kappa shape index (κ3) is 3.00. The van der Waals surface area contributed by atoms with Crippen molar-refractivity contribution in [2.24, 2.45) is 23.7 Å². The average Bonchev–Trinajstić information content (AvgIpc) is 3.19. The average molecular weight is 388 g/mol. The third-order valence-corrected chi connectivity index (χ3v) is 7.56. The first kappa shape index (κ1) is 17.4. The van der Waals surface area contributed by atoms with Gasteiger partial charge in [0.1, 0.15) is 5.76 Å². The zero-order valence-corrected chi connectivity index (χ0v) is 16.6. The summed E-state index contributed by atoms with van der Waals surface area (Å²) >= 11 is 6.21. The smallest absolute Gasteiger partial charge is 0.287 e. The number of nitrogens with one attached hydrogen (secondary N) is 1. The summed E-state index contributed by atoms with van der Waals surface area (Å²) in [6, 6.07) is 3.96. The van der Waals surface area contributed by atoms with Gasteiger partial charge in [-0.05, 0) is 81.8 Å². The van der Waals surface area contributed by atoms with Crippen molar-refractivity contribution in [2.75, 3.05) is 0 Å². The zero-order chi connectivity index (χ0) is 18.7. The molecule has 0 atom stereocenters. The molecule has 2 aromatic heterocycles. The van der Waals surface area contributed by atoms with Crippen LogP contribution in [0.4, 0.5) is 0 Å². The maximum Gasteiger partial charge on any atom is 0.287 e. The molecule has 6 rings (SSSR count). The highest BCUT2D eigenvalue weighted by molar-refractivity contribution is 6.31. The van der Waals surface area contributed by atoms with Crippen molar-refractivity contribution in [3.8, 4) is 0 Å². The second-order valence-electron chi connectivity index (χ2n) is 8.84. The van der Waals surface area contributed by atoms with Gasteiger partial charge in [-0.2, -0.15) is 5.10 Å². The monoisotopic (exact) mass is 387 g/mol. The van der Waals surface area contributed by atoms with Gasteiger partial charge in [0.05, 0.1) is 23.0 Å². The highest BCUT2D eigenvalue weighted by atomic mass is 35.5. The van der Waals surface area contributed by atoms with Crippen molar-refractivity contribution in [3.63, 3.8) is 0 Å². The number of carbonyl (C=O) groups is 1. The Morgan fingerprint density at radius 3 is 2.44 bits per heavy atom. The fraction of sp³-hybridized carbons (Fsp3) is 0.619. The maximum atomic E-state index is 12.8. The summed E-state index contributed by atoms with van der Waals surface area (Å²) in [6.07, 6.45) is 6.59. The van der Waals surface area contributed by atoms with Crippen LogP contribution in [0.15, 0.2) is 16.5 Å². The van der Waals surface area contributed by atoms with Crippen LogP contribution < -0.4 is 5.32 Å². The molecule has 144 valence electrons. The number of nitrogens with zero attached hydrogens (tertiary/aromatic N) is 2. The number of hydrogen-bond acceptors (Lipinski definition) is 3. The van der Waals surface area contributed by atoms with E-state index in [9.17, 15) is 4.79 Å². The Balaban J connectivity index is 1.27. The molecule has 4 aliphatic carbocycles. The van der Waals surface area contributed by atoms with Crippen LogP contribution in [-0.4, -0.2) is 21.7 Å². The summed E-state index contributed by atoms with van der Waals surface area (Å²) in [6.45, 7) is 4.30. The molecular formula is C21H26ClN3O2. The van der Waals surface area contributed by atoms with Crippen LogP contribution in [0.1, 0.15) is 59.8 Å². The van der Waals surface area contributed by atoms with Crippen molar-refractivity contribution in [3.05, 3.63) is 40.1 Å². The van der Waals surface area contributed by atoms with Gasteiger partial charge in [0.2, 0.25) is 0 Å². The molecule has 0 spiro atoms. The maximum absolute atomic E-state index is 12.8. The molecule has 4 aliphatic rings. The molecule has 0 aromatic carbocycles. The van der Waals surface area contributed by atoms with Crippen LogP contribution in [0.2, 0.25) is 5.02 Å². The van der Waals surface area contributed by atoms with Gasteiger partial charge in [-0.25, -0.2) is 0 Å². The Bertz CT molecular complexity index is 856. The predicted molar refractivity (Wildman–Crippen MR) is 103 cm³/mol. The van der Waals surface area contributed by atoms with Crippen molar-refractivity contribution in [1.82, 2.24) is 15.1 Å². The first-order valence-electron chi connectivity index (χ1n) is 10.1. The summed E-state index contributed by atoms with van der Waals surface area (Å²) in [4.78, 5) is 12.8. The first-order chi connectivity index (χ1) is 13.0. The van der Waals surface area contributed by atoms with Crippen molar-refractivity contribution in [2.45, 2.75) is 58.5 Å². The van der Waals surface area contributed by atoms with E-state index >= 15 is 0 Å². The van der Waals surface area contributed by atoms with Crippen LogP contribution in [0.25, 0.3) is 0 Å². The van der Waals surface area contributed by atoms with E-state index in [1.807, 2.05) is 24.6 Å². The molecule has 1 N–H and O–H groups in total. The fourth-order valence-corrected chi connectivity index (χ4v) is 6.08. The lowest BCUT2D eigenvalue weighted by molar-refractivity contribution is -0.0123. The first-order valence-corrected chi connectivity index (χ1v) is 10.4. The molecule has 4 bridgehead atoms. The summed E-state index contributed by atoms with van der Waals surface area (Å²) in [7, 11) is 0. The minimum atomic E-state index is -0.0786. The second-order valence-corrected chi connectivity index (χ2v) is 9.22. The lowest BCUT2D eigenvalue weighted by Crippen LogP contribution is -2.55. The van der Waals surface area contributed by atoms with E-state index < -0.39 is 0 Å². The summed E-state index contributed by atoms with van der Waals surface area (Å²) in [5, 5.41) is 8.41. The van der Waals surface area contributed by atoms with E-state index in [-0.39, 0.29) is 5.91 Å². The van der Waals surface area contributed by atoms with Gasteiger partial charge in [0, 0.05) is 6.04 Å². The summed E-state index contributed by atoms with van der Waals surface area (Å²) < 4.78 is 7.65. The van der Waals surface area contributed by atoms with Crippen molar-refractivity contribution < 1.29 is 9.21 Å². The van der Waals surface area contributed by atoms with Gasteiger partial charge in [0.15, 0.2) is 5.76 Å². The molecular weight excluding hydrogens is 362 g/mol. The van der Waals surface area contributed by atoms with Crippen LogP contribution in [0, 0.1) is 37.5 Å². The molecule has 2 aromatic rings. The number of carbonyl (C=O) groups excluding carboxylic acids is 1. The van der Waals surface area contributed by atoms with Gasteiger partial charge in [-0.3, -0.25) is 9.48 Å². The second kappa shape index (κ2) is 6.40. The van der Waals surface area contributed by atoms with E-state index in [1.54, 1.807) is 6.07 Å². The van der Waals surface area contributed by atoms with Crippen LogP contribution in [-0.2, 0) is 6.54 Å². The van der Waals surface area contributed by atoms with E-state index in [1.165, 1.54) is 32.1 Å². The van der Waals surface area contributed by atoms with Gasteiger partial charge < -0.3 is 9.73 Å². The SMILES string of the molecule is Cc1nn(Cc2ccc(C(=O)NC3C4CC5CC(C4)CC3C5)o2)c(C)c1Cl. The van der Waals surface area contributed by atoms with Gasteiger partial charge in [-0.1, -0.05) is 11.6 Å². The molecule has 6 heteroatoms. The number of halogens is 1. The van der Waals surface area contributed by atoms with Crippen LogP contribution >= 0.6 is 11.6 Å². The van der Waals surface area contributed by atoms with Crippen LogP contribution in [0.3, 0.4) is 0 Å². The van der Waals surface area contributed by atoms with Crippen molar-refractivity contribution in [1.29, 1.82) is 0 Å². The van der Waals surface area contributed by atoms with Crippen LogP contribution in [0.5, 0.6) is 0 Å². The molecule has 4 fully saturated rings.